The number of anilines is 1. The third-order valence-corrected chi connectivity index (χ3v) is 2.73. The summed E-state index contributed by atoms with van der Waals surface area (Å²) in [5, 5.41) is 23.1. The van der Waals surface area contributed by atoms with Crippen molar-refractivity contribution in [2.24, 2.45) is 0 Å². The van der Waals surface area contributed by atoms with Crippen molar-refractivity contribution < 1.29 is 24.5 Å². The van der Waals surface area contributed by atoms with Crippen LogP contribution in [0.2, 0.25) is 0 Å². The summed E-state index contributed by atoms with van der Waals surface area (Å²) in [6.07, 6.45) is 0.875. The number of rotatable bonds is 9. The summed E-state index contributed by atoms with van der Waals surface area (Å²) in [5.41, 5.74) is 1.71. The van der Waals surface area contributed by atoms with Gasteiger partial charge in [0.2, 0.25) is 0 Å². The van der Waals surface area contributed by atoms with Crippen LogP contribution in [0.5, 0.6) is 0 Å². The monoisotopic (exact) mass is 273 g/mol. The van der Waals surface area contributed by atoms with E-state index in [-0.39, 0.29) is 6.42 Å². The van der Waals surface area contributed by atoms with Gasteiger partial charge in [-0.2, -0.15) is 0 Å². The quantitative estimate of drug-likeness (QED) is 0.275. The van der Waals surface area contributed by atoms with Crippen LogP contribution in [-0.4, -0.2) is 28.6 Å². The van der Waals surface area contributed by atoms with Crippen LogP contribution in [0.25, 0.3) is 0 Å². The van der Waals surface area contributed by atoms with Crippen molar-refractivity contribution in [1.29, 1.82) is 0 Å². The number of aliphatic carboxylic acids is 1. The lowest BCUT2D eigenvalue weighted by Gasteiger charge is -2.06. The number of hydrogen-bond donors (Lipinski definition) is 3. The molecule has 0 heterocycles. The predicted molar refractivity (Wildman–Crippen MR) is 68.1 cm³/mol. The van der Waals surface area contributed by atoms with Gasteiger partial charge in [-0.25, -0.2) is 5.26 Å². The molecule has 1 aromatic rings. The molecule has 0 aromatic heterocycles. The lowest BCUT2D eigenvalue weighted by atomic mass is 10.1. The molecule has 0 unspecified atom stereocenters. The van der Waals surface area contributed by atoms with Crippen LogP contribution in [-0.2, 0) is 20.6 Å². The lowest BCUT2D eigenvalue weighted by Crippen LogP contribution is -2.03. The summed E-state index contributed by atoms with van der Waals surface area (Å²) in [5.74, 6) is -0.149. The zero-order valence-corrected chi connectivity index (χ0v) is 10.5. The smallest absolute Gasteiger partial charge is 0.307 e. The number of carboxylic acid groups (broad SMARTS) is 1. The van der Waals surface area contributed by atoms with Crippen molar-refractivity contribution in [1.82, 2.24) is 0 Å². The van der Waals surface area contributed by atoms with Crippen LogP contribution in [0, 0.1) is 0 Å². The van der Waals surface area contributed by atoms with E-state index in [1.54, 1.807) is 12.1 Å². The molecule has 0 amide bonds. The van der Waals surface area contributed by atoms with E-state index >= 15 is 0 Å². The van der Waals surface area contributed by atoms with Gasteiger partial charge in [-0.15, -0.1) is 4.33 Å². The molecule has 0 aliphatic heterocycles. The number of carboxylic acids is 1. The molecule has 3 N–H and O–H groups in total. The van der Waals surface area contributed by atoms with Gasteiger partial charge in [0.15, 0.2) is 0 Å². The van der Waals surface area contributed by atoms with E-state index in [0.29, 0.717) is 5.75 Å². The second kappa shape index (κ2) is 8.76. The molecule has 0 saturated heterocycles. The zero-order valence-electron chi connectivity index (χ0n) is 9.67. The van der Waals surface area contributed by atoms with Gasteiger partial charge in [-0.05, 0) is 24.1 Å². The molecule has 0 aliphatic rings. The van der Waals surface area contributed by atoms with Crippen LogP contribution >= 0.6 is 12.0 Å². The molecule has 6 nitrogen and oxygen atoms in total. The Balaban J connectivity index is 2.20. The summed E-state index contributed by atoms with van der Waals surface area (Å²) in [4.78, 5) is 10.5. The van der Waals surface area contributed by atoms with E-state index in [9.17, 15) is 4.79 Å². The minimum atomic E-state index is -0.834. The third-order valence-electron chi connectivity index (χ3n) is 2.12. The van der Waals surface area contributed by atoms with Crippen LogP contribution in [0.3, 0.4) is 0 Å². The minimum Gasteiger partial charge on any atom is -0.481 e. The highest BCUT2D eigenvalue weighted by atomic mass is 32.2. The molecule has 1 rings (SSSR count). The first-order chi connectivity index (χ1) is 8.72. The third kappa shape index (κ3) is 6.45. The number of carbonyl (C=O) groups is 1. The normalized spacial score (nSPS) is 10.3. The Morgan fingerprint density at radius 1 is 1.33 bits per heavy atom. The van der Waals surface area contributed by atoms with Crippen LogP contribution in [0.15, 0.2) is 24.3 Å². The second-order valence-electron chi connectivity index (χ2n) is 3.51. The second-order valence-corrected chi connectivity index (χ2v) is 4.29. The van der Waals surface area contributed by atoms with Gasteiger partial charge < -0.3 is 10.4 Å². The Hall–Kier alpha value is -1.28. The van der Waals surface area contributed by atoms with E-state index in [2.05, 4.69) is 14.7 Å². The van der Waals surface area contributed by atoms with E-state index in [4.69, 9.17) is 10.4 Å². The Kier molecular flexibility index (Phi) is 7.19. The SMILES string of the molecule is O=C(O)Cc1ccc(NCCCSOOO)cc1. The largest absolute Gasteiger partial charge is 0.481 e. The standard InChI is InChI=1S/C11H15NO5S/c13-11(14)8-9-2-4-10(5-3-9)12-6-1-7-18-17-16-15/h2-5,12,15H,1,6-8H2,(H,13,14). The van der Waals surface area contributed by atoms with E-state index in [0.717, 1.165) is 36.3 Å². The van der Waals surface area contributed by atoms with Crippen molar-refractivity contribution in [3.8, 4) is 0 Å². The topological polar surface area (TPSA) is 88.0 Å². The molecule has 0 saturated carbocycles. The summed E-state index contributed by atoms with van der Waals surface area (Å²) in [6.45, 7) is 0.750. The molecule has 100 valence electrons. The van der Waals surface area contributed by atoms with Crippen molar-refractivity contribution in [2.75, 3.05) is 17.6 Å². The van der Waals surface area contributed by atoms with E-state index in [1.807, 2.05) is 12.1 Å². The van der Waals surface area contributed by atoms with Gasteiger partial charge in [0.25, 0.3) is 0 Å². The average molecular weight is 273 g/mol. The fourth-order valence-electron chi connectivity index (χ4n) is 1.33. The Morgan fingerprint density at radius 3 is 2.67 bits per heavy atom. The summed E-state index contributed by atoms with van der Waals surface area (Å²) in [6, 6.07) is 7.26. The number of benzene rings is 1. The Morgan fingerprint density at radius 2 is 2.06 bits per heavy atom. The highest BCUT2D eigenvalue weighted by Gasteiger charge is 2.00. The van der Waals surface area contributed by atoms with Crippen molar-refractivity contribution >= 4 is 23.7 Å². The van der Waals surface area contributed by atoms with Gasteiger partial charge in [0.1, 0.15) is 0 Å². The van der Waals surface area contributed by atoms with Gasteiger partial charge in [-0.1, -0.05) is 17.2 Å². The molecule has 0 atom stereocenters. The van der Waals surface area contributed by atoms with Crippen LogP contribution in [0.4, 0.5) is 5.69 Å². The van der Waals surface area contributed by atoms with Crippen molar-refractivity contribution in [2.45, 2.75) is 12.8 Å². The maximum absolute atomic E-state index is 10.5. The highest BCUT2D eigenvalue weighted by molar-refractivity contribution is 7.94. The average Bonchev–Trinajstić information content (AvgIpc) is 2.35. The van der Waals surface area contributed by atoms with Crippen LogP contribution in [0.1, 0.15) is 12.0 Å². The fraction of sp³-hybridized carbons (Fsp3) is 0.364. The summed E-state index contributed by atoms with van der Waals surface area (Å²) in [7, 11) is 0. The fourth-order valence-corrected chi connectivity index (χ4v) is 1.71. The van der Waals surface area contributed by atoms with Crippen LogP contribution < -0.4 is 5.32 Å². The molecule has 0 fully saturated rings. The van der Waals surface area contributed by atoms with Crippen molar-refractivity contribution in [3.05, 3.63) is 29.8 Å². The van der Waals surface area contributed by atoms with Gasteiger partial charge >= 0.3 is 5.97 Å². The number of hydrogen-bond acceptors (Lipinski definition) is 6. The molecular weight excluding hydrogens is 258 g/mol. The Labute approximate surface area is 109 Å². The van der Waals surface area contributed by atoms with Crippen molar-refractivity contribution in [3.63, 3.8) is 0 Å². The highest BCUT2D eigenvalue weighted by Crippen LogP contribution is 2.11. The first-order valence-electron chi connectivity index (χ1n) is 5.36. The van der Waals surface area contributed by atoms with Gasteiger partial charge in [0, 0.05) is 30.0 Å². The molecule has 0 spiro atoms. The molecule has 0 bridgehead atoms. The zero-order chi connectivity index (χ0) is 13.2. The van der Waals surface area contributed by atoms with Gasteiger partial charge in [0.05, 0.1) is 6.42 Å². The van der Waals surface area contributed by atoms with E-state index < -0.39 is 5.97 Å². The maximum Gasteiger partial charge on any atom is 0.307 e. The molecule has 1 aromatic carbocycles. The minimum absolute atomic E-state index is 0.0371. The first-order valence-corrected chi connectivity index (χ1v) is 6.28. The molecule has 7 heteroatoms. The predicted octanol–water partition coefficient (Wildman–Crippen LogP) is 2.19. The first kappa shape index (κ1) is 14.8. The summed E-state index contributed by atoms with van der Waals surface area (Å²) < 4.78 is 4.23. The maximum atomic E-state index is 10.5. The summed E-state index contributed by atoms with van der Waals surface area (Å²) >= 11 is 1.02. The molecule has 0 aliphatic carbocycles. The Bertz CT molecular complexity index is 357. The number of nitrogens with one attached hydrogen (secondary N) is 1. The van der Waals surface area contributed by atoms with Gasteiger partial charge in [-0.3, -0.25) is 4.79 Å². The van der Waals surface area contributed by atoms with E-state index in [1.165, 1.54) is 0 Å². The lowest BCUT2D eigenvalue weighted by molar-refractivity contribution is -0.432. The molecule has 18 heavy (non-hydrogen) atoms. The molecular formula is C11H15NO5S. The molecule has 0 radical (unpaired) electrons.